The molecule has 0 bridgehead atoms. The van der Waals surface area contributed by atoms with Crippen molar-refractivity contribution in [2.45, 2.75) is 11.6 Å². The number of anilines is 1. The summed E-state index contributed by atoms with van der Waals surface area (Å²) < 4.78 is 2.87. The molecule has 0 radical (unpaired) electrons. The third kappa shape index (κ3) is 5.11. The highest BCUT2D eigenvalue weighted by molar-refractivity contribution is 9.10. The zero-order valence-corrected chi connectivity index (χ0v) is 18.4. The number of halogens is 1. The van der Waals surface area contributed by atoms with Crippen molar-refractivity contribution in [3.8, 4) is 5.69 Å². The molecule has 3 aromatic heterocycles. The van der Waals surface area contributed by atoms with Crippen LogP contribution in [-0.2, 0) is 11.2 Å². The number of amides is 1. The first-order valence-corrected chi connectivity index (χ1v) is 11.4. The van der Waals surface area contributed by atoms with E-state index < -0.39 is 0 Å². The highest BCUT2D eigenvalue weighted by atomic mass is 79.9. The molecule has 0 saturated heterocycles. The summed E-state index contributed by atoms with van der Waals surface area (Å²) in [6.45, 7) is 0. The molecule has 4 rings (SSSR count). The van der Waals surface area contributed by atoms with Crippen molar-refractivity contribution in [3.05, 3.63) is 81.3 Å². The number of thioether (sulfide) groups is 1. The van der Waals surface area contributed by atoms with E-state index in [0.717, 1.165) is 16.0 Å². The SMILES string of the molecule is O=C(CSc1nnc(Cc2cccs2)n1-c1ccccc1)Nc1ccc(Br)cn1. The fourth-order valence-corrected chi connectivity index (χ4v) is 4.38. The van der Waals surface area contributed by atoms with Gasteiger partial charge in [-0.1, -0.05) is 36.0 Å². The molecule has 0 unspecified atom stereocenters. The minimum atomic E-state index is -0.146. The van der Waals surface area contributed by atoms with Gasteiger partial charge in [-0.25, -0.2) is 4.98 Å². The molecular formula is C20H16BrN5OS2. The average Bonchev–Trinajstić information content (AvgIpc) is 3.39. The highest BCUT2D eigenvalue weighted by Crippen LogP contribution is 2.24. The lowest BCUT2D eigenvalue weighted by molar-refractivity contribution is -0.113. The molecule has 0 spiro atoms. The largest absolute Gasteiger partial charge is 0.310 e. The summed E-state index contributed by atoms with van der Waals surface area (Å²) in [6.07, 6.45) is 2.33. The summed E-state index contributed by atoms with van der Waals surface area (Å²) in [6, 6.07) is 17.6. The van der Waals surface area contributed by atoms with Gasteiger partial charge in [-0.05, 0) is 51.6 Å². The molecule has 3 heterocycles. The van der Waals surface area contributed by atoms with Gasteiger partial charge in [0.15, 0.2) is 5.16 Å². The average molecular weight is 486 g/mol. The topological polar surface area (TPSA) is 72.7 Å². The first-order valence-electron chi connectivity index (χ1n) is 8.75. The molecule has 0 aliphatic heterocycles. The monoisotopic (exact) mass is 485 g/mol. The van der Waals surface area contributed by atoms with E-state index in [1.165, 1.54) is 16.6 Å². The lowest BCUT2D eigenvalue weighted by Crippen LogP contribution is -2.15. The zero-order valence-electron chi connectivity index (χ0n) is 15.2. The van der Waals surface area contributed by atoms with Crippen molar-refractivity contribution >= 4 is 50.8 Å². The van der Waals surface area contributed by atoms with Gasteiger partial charge in [0.05, 0.1) is 5.75 Å². The second-order valence-corrected chi connectivity index (χ2v) is 8.91. The van der Waals surface area contributed by atoms with Crippen LogP contribution in [0.4, 0.5) is 5.82 Å². The molecule has 1 aromatic carbocycles. The van der Waals surface area contributed by atoms with Crippen LogP contribution in [-0.4, -0.2) is 31.4 Å². The van der Waals surface area contributed by atoms with Gasteiger partial charge in [-0.15, -0.1) is 21.5 Å². The predicted octanol–water partition coefficient (Wildman–Crippen LogP) is 4.81. The second kappa shape index (κ2) is 9.34. The van der Waals surface area contributed by atoms with E-state index in [2.05, 4.69) is 47.9 Å². The Morgan fingerprint density at radius 2 is 1.97 bits per heavy atom. The van der Waals surface area contributed by atoms with Gasteiger partial charge in [-0.2, -0.15) is 0 Å². The fourth-order valence-electron chi connectivity index (χ4n) is 2.67. The molecule has 1 N–H and O–H groups in total. The standard InChI is InChI=1S/C20H16BrN5OS2/c21-14-8-9-17(22-12-14)23-19(27)13-29-20-25-24-18(11-16-7-4-10-28-16)26(20)15-5-2-1-3-6-15/h1-10,12H,11,13H2,(H,22,23,27). The van der Waals surface area contributed by atoms with Crippen LogP contribution >= 0.6 is 39.0 Å². The second-order valence-electron chi connectivity index (χ2n) is 6.02. The van der Waals surface area contributed by atoms with Gasteiger partial charge in [0.2, 0.25) is 5.91 Å². The van der Waals surface area contributed by atoms with Crippen LogP contribution in [0.5, 0.6) is 0 Å². The minimum Gasteiger partial charge on any atom is -0.310 e. The predicted molar refractivity (Wildman–Crippen MR) is 120 cm³/mol. The lowest BCUT2D eigenvalue weighted by Gasteiger charge is -2.10. The van der Waals surface area contributed by atoms with Gasteiger partial charge < -0.3 is 5.32 Å². The molecule has 0 fully saturated rings. The smallest absolute Gasteiger partial charge is 0.236 e. The summed E-state index contributed by atoms with van der Waals surface area (Å²) in [4.78, 5) is 17.7. The fraction of sp³-hybridized carbons (Fsp3) is 0.100. The Balaban J connectivity index is 1.51. The van der Waals surface area contributed by atoms with E-state index >= 15 is 0 Å². The molecule has 29 heavy (non-hydrogen) atoms. The number of carbonyl (C=O) groups excluding carboxylic acids is 1. The van der Waals surface area contributed by atoms with Crippen LogP contribution < -0.4 is 5.32 Å². The maximum Gasteiger partial charge on any atom is 0.236 e. The molecule has 6 nitrogen and oxygen atoms in total. The molecule has 0 aliphatic carbocycles. The van der Waals surface area contributed by atoms with E-state index in [0.29, 0.717) is 17.4 Å². The summed E-state index contributed by atoms with van der Waals surface area (Å²) in [5.41, 5.74) is 0.974. The van der Waals surface area contributed by atoms with E-state index in [1.807, 2.05) is 47.0 Å². The number of hydrogen-bond donors (Lipinski definition) is 1. The minimum absolute atomic E-state index is 0.146. The van der Waals surface area contributed by atoms with Crippen molar-refractivity contribution < 1.29 is 4.79 Å². The van der Waals surface area contributed by atoms with Crippen LogP contribution in [0.3, 0.4) is 0 Å². The normalized spacial score (nSPS) is 10.8. The molecule has 0 aliphatic rings. The molecule has 146 valence electrons. The van der Waals surface area contributed by atoms with Crippen molar-refractivity contribution in [1.29, 1.82) is 0 Å². The number of benzene rings is 1. The number of thiophene rings is 1. The van der Waals surface area contributed by atoms with Crippen LogP contribution in [0.25, 0.3) is 5.69 Å². The molecule has 0 atom stereocenters. The molecule has 0 saturated carbocycles. The number of nitrogens with one attached hydrogen (secondary N) is 1. The number of aromatic nitrogens is 4. The number of pyridine rings is 1. The first-order chi connectivity index (χ1) is 14.2. The van der Waals surface area contributed by atoms with Gasteiger partial charge in [0.1, 0.15) is 11.6 Å². The van der Waals surface area contributed by atoms with Gasteiger partial charge in [0, 0.05) is 27.7 Å². The van der Waals surface area contributed by atoms with Gasteiger partial charge in [0.25, 0.3) is 0 Å². The number of carbonyl (C=O) groups is 1. The Morgan fingerprint density at radius 1 is 1.10 bits per heavy atom. The quantitative estimate of drug-likeness (QED) is 0.380. The summed E-state index contributed by atoms with van der Waals surface area (Å²) in [7, 11) is 0. The summed E-state index contributed by atoms with van der Waals surface area (Å²) in [5, 5.41) is 14.3. The third-order valence-corrected chi connectivity index (χ3v) is 6.23. The first kappa shape index (κ1) is 19.8. The van der Waals surface area contributed by atoms with Crippen LogP contribution in [0.15, 0.2) is 75.8 Å². The molecule has 1 amide bonds. The van der Waals surface area contributed by atoms with Crippen LogP contribution in [0.1, 0.15) is 10.7 Å². The third-order valence-electron chi connectivity index (χ3n) is 3.95. The van der Waals surface area contributed by atoms with Crippen LogP contribution in [0.2, 0.25) is 0 Å². The maximum absolute atomic E-state index is 12.3. The van der Waals surface area contributed by atoms with Gasteiger partial charge in [-0.3, -0.25) is 9.36 Å². The summed E-state index contributed by atoms with van der Waals surface area (Å²) in [5.74, 6) is 1.42. The van der Waals surface area contributed by atoms with Crippen molar-refractivity contribution in [2.75, 3.05) is 11.1 Å². The van der Waals surface area contributed by atoms with E-state index in [-0.39, 0.29) is 11.7 Å². The Kier molecular flexibility index (Phi) is 6.38. The molecule has 9 heteroatoms. The number of nitrogens with zero attached hydrogens (tertiary/aromatic N) is 4. The van der Waals surface area contributed by atoms with Crippen LogP contribution in [0, 0.1) is 0 Å². The van der Waals surface area contributed by atoms with Crippen molar-refractivity contribution in [2.24, 2.45) is 0 Å². The molecule has 4 aromatic rings. The zero-order chi connectivity index (χ0) is 20.1. The van der Waals surface area contributed by atoms with Crippen molar-refractivity contribution in [3.63, 3.8) is 0 Å². The maximum atomic E-state index is 12.3. The number of para-hydroxylation sites is 1. The van der Waals surface area contributed by atoms with E-state index in [4.69, 9.17) is 0 Å². The highest BCUT2D eigenvalue weighted by Gasteiger charge is 2.16. The Morgan fingerprint density at radius 3 is 2.69 bits per heavy atom. The Bertz CT molecular complexity index is 1080. The Hall–Kier alpha value is -2.49. The Labute approximate surface area is 184 Å². The number of hydrogen-bond acceptors (Lipinski definition) is 6. The summed E-state index contributed by atoms with van der Waals surface area (Å²) >= 11 is 6.37. The molecular weight excluding hydrogens is 470 g/mol. The van der Waals surface area contributed by atoms with E-state index in [1.54, 1.807) is 23.6 Å². The van der Waals surface area contributed by atoms with Gasteiger partial charge >= 0.3 is 0 Å². The van der Waals surface area contributed by atoms with E-state index in [9.17, 15) is 4.79 Å². The lowest BCUT2D eigenvalue weighted by atomic mass is 10.3. The van der Waals surface area contributed by atoms with Crippen molar-refractivity contribution in [1.82, 2.24) is 19.7 Å². The number of rotatable bonds is 7.